The van der Waals surface area contributed by atoms with Crippen LogP contribution in [-0.4, -0.2) is 43.0 Å². The zero-order valence-electron chi connectivity index (χ0n) is 9.06. The molecule has 0 N–H and O–H groups in total. The lowest BCUT2D eigenvalue weighted by molar-refractivity contribution is 0.00245. The van der Waals surface area contributed by atoms with Crippen LogP contribution in [0, 0.1) is 11.3 Å². The van der Waals surface area contributed by atoms with Gasteiger partial charge in [-0.1, -0.05) is 0 Å². The van der Waals surface area contributed by atoms with E-state index in [-0.39, 0.29) is 5.78 Å². The first kappa shape index (κ1) is 12.7. The van der Waals surface area contributed by atoms with Crippen molar-refractivity contribution in [1.29, 1.82) is 5.26 Å². The highest BCUT2D eigenvalue weighted by molar-refractivity contribution is 9.10. The number of carbonyl (C=O) groups excluding carboxylic acids is 1. The van der Waals surface area contributed by atoms with Crippen molar-refractivity contribution in [2.45, 2.75) is 6.10 Å². The van der Waals surface area contributed by atoms with Crippen LogP contribution in [0.4, 0.5) is 0 Å². The van der Waals surface area contributed by atoms with Gasteiger partial charge in [0.15, 0.2) is 11.9 Å². The number of ketones is 1. The Kier molecular flexibility index (Phi) is 4.29. The molecule has 0 amide bonds. The SMILES string of the molecule is N#CC1CN(CC(=O)c2sccc2Br)CCO1. The smallest absolute Gasteiger partial charge is 0.187 e. The summed E-state index contributed by atoms with van der Waals surface area (Å²) in [6.45, 7) is 2.07. The minimum atomic E-state index is -0.414. The average molecular weight is 315 g/mol. The minimum Gasteiger partial charge on any atom is -0.361 e. The molecule has 0 saturated carbocycles. The van der Waals surface area contributed by atoms with E-state index in [1.165, 1.54) is 11.3 Å². The predicted molar refractivity (Wildman–Crippen MR) is 68.1 cm³/mol. The summed E-state index contributed by atoms with van der Waals surface area (Å²) in [5, 5.41) is 10.7. The van der Waals surface area contributed by atoms with Gasteiger partial charge in [-0.2, -0.15) is 5.26 Å². The summed E-state index contributed by atoms with van der Waals surface area (Å²) in [6, 6.07) is 3.94. The van der Waals surface area contributed by atoms with E-state index in [0.29, 0.717) is 26.2 Å². The summed E-state index contributed by atoms with van der Waals surface area (Å²) >= 11 is 4.78. The van der Waals surface area contributed by atoms with Crippen molar-refractivity contribution < 1.29 is 9.53 Å². The van der Waals surface area contributed by atoms with Gasteiger partial charge in [0.05, 0.1) is 24.1 Å². The number of thiophene rings is 1. The van der Waals surface area contributed by atoms with E-state index in [1.54, 1.807) is 0 Å². The van der Waals surface area contributed by atoms with Gasteiger partial charge in [-0.15, -0.1) is 11.3 Å². The molecule has 1 aliphatic heterocycles. The molecule has 0 aromatic carbocycles. The second-order valence-electron chi connectivity index (χ2n) is 3.74. The first-order chi connectivity index (χ1) is 8.20. The van der Waals surface area contributed by atoms with Gasteiger partial charge >= 0.3 is 0 Å². The van der Waals surface area contributed by atoms with Gasteiger partial charge in [0.1, 0.15) is 0 Å². The van der Waals surface area contributed by atoms with Crippen molar-refractivity contribution in [1.82, 2.24) is 4.90 Å². The fourth-order valence-corrected chi connectivity index (χ4v) is 3.22. The van der Waals surface area contributed by atoms with Gasteiger partial charge in [0, 0.05) is 17.6 Å². The maximum Gasteiger partial charge on any atom is 0.187 e. The largest absolute Gasteiger partial charge is 0.361 e. The van der Waals surface area contributed by atoms with E-state index >= 15 is 0 Å². The molecule has 4 nitrogen and oxygen atoms in total. The second kappa shape index (κ2) is 5.74. The predicted octanol–water partition coefficient (Wildman–Crippen LogP) is 1.92. The number of rotatable bonds is 3. The molecule has 1 saturated heterocycles. The molecule has 1 aromatic rings. The van der Waals surface area contributed by atoms with E-state index in [0.717, 1.165) is 9.35 Å². The lowest BCUT2D eigenvalue weighted by atomic mass is 10.2. The van der Waals surface area contributed by atoms with Crippen LogP contribution in [-0.2, 0) is 4.74 Å². The van der Waals surface area contributed by atoms with Crippen molar-refractivity contribution in [3.05, 3.63) is 20.8 Å². The van der Waals surface area contributed by atoms with Gasteiger partial charge in [0.25, 0.3) is 0 Å². The Morgan fingerprint density at radius 2 is 2.59 bits per heavy atom. The molecule has 0 radical (unpaired) electrons. The third kappa shape index (κ3) is 3.13. The third-order valence-electron chi connectivity index (χ3n) is 2.53. The first-order valence-electron chi connectivity index (χ1n) is 5.20. The van der Waals surface area contributed by atoms with Crippen molar-refractivity contribution >= 4 is 33.0 Å². The number of carbonyl (C=O) groups is 1. The van der Waals surface area contributed by atoms with Crippen LogP contribution in [0.1, 0.15) is 9.67 Å². The Bertz CT molecular complexity index is 455. The molecule has 1 fully saturated rings. The minimum absolute atomic E-state index is 0.0884. The van der Waals surface area contributed by atoms with E-state index in [9.17, 15) is 4.79 Å². The van der Waals surface area contributed by atoms with Gasteiger partial charge < -0.3 is 4.74 Å². The van der Waals surface area contributed by atoms with Crippen molar-refractivity contribution in [2.75, 3.05) is 26.2 Å². The number of halogens is 1. The number of Topliss-reactive ketones (excluding diaryl/α,β-unsaturated/α-hetero) is 1. The van der Waals surface area contributed by atoms with Crippen LogP contribution < -0.4 is 0 Å². The topological polar surface area (TPSA) is 53.3 Å². The Hall–Kier alpha value is -0.740. The third-order valence-corrected chi connectivity index (χ3v) is 4.41. The van der Waals surface area contributed by atoms with Gasteiger partial charge in [-0.3, -0.25) is 9.69 Å². The molecule has 2 heterocycles. The van der Waals surface area contributed by atoms with Crippen molar-refractivity contribution in [3.63, 3.8) is 0 Å². The normalized spacial score (nSPS) is 21.1. The summed E-state index contributed by atoms with van der Waals surface area (Å²) in [6.07, 6.45) is -0.414. The molecule has 1 atom stereocenters. The Morgan fingerprint density at radius 1 is 1.76 bits per heavy atom. The molecule has 90 valence electrons. The fourth-order valence-electron chi connectivity index (χ4n) is 1.69. The zero-order valence-corrected chi connectivity index (χ0v) is 11.5. The fraction of sp³-hybridized carbons (Fsp3) is 0.455. The molecular formula is C11H11BrN2O2S. The molecule has 0 aliphatic carbocycles. The molecule has 17 heavy (non-hydrogen) atoms. The van der Waals surface area contributed by atoms with Crippen molar-refractivity contribution in [2.24, 2.45) is 0 Å². The molecule has 1 aliphatic rings. The monoisotopic (exact) mass is 314 g/mol. The highest BCUT2D eigenvalue weighted by atomic mass is 79.9. The lowest BCUT2D eigenvalue weighted by Crippen LogP contribution is -2.44. The second-order valence-corrected chi connectivity index (χ2v) is 5.51. The summed E-state index contributed by atoms with van der Waals surface area (Å²) < 4.78 is 6.08. The molecule has 1 unspecified atom stereocenters. The Labute approximate surface area is 112 Å². The number of nitrogens with zero attached hydrogens (tertiary/aromatic N) is 2. The van der Waals surface area contributed by atoms with Gasteiger partial charge in [-0.25, -0.2) is 0 Å². The molecule has 0 bridgehead atoms. The zero-order chi connectivity index (χ0) is 12.3. The summed E-state index contributed by atoms with van der Waals surface area (Å²) in [5.74, 6) is 0.0884. The molecule has 0 spiro atoms. The molecule has 2 rings (SSSR count). The van der Waals surface area contributed by atoms with Crippen LogP contribution in [0.3, 0.4) is 0 Å². The van der Waals surface area contributed by atoms with Gasteiger partial charge in [-0.05, 0) is 27.4 Å². The Morgan fingerprint density at radius 3 is 3.24 bits per heavy atom. The van der Waals surface area contributed by atoms with Crippen LogP contribution in [0.2, 0.25) is 0 Å². The van der Waals surface area contributed by atoms with E-state index in [4.69, 9.17) is 10.00 Å². The lowest BCUT2D eigenvalue weighted by Gasteiger charge is -2.28. The quantitative estimate of drug-likeness (QED) is 0.800. The highest BCUT2D eigenvalue weighted by Crippen LogP contribution is 2.23. The number of nitriles is 1. The summed E-state index contributed by atoms with van der Waals surface area (Å²) in [7, 11) is 0. The standard InChI is InChI=1S/C11H11BrN2O2S/c12-9-1-4-17-11(9)10(15)7-14-2-3-16-8(5-13)6-14/h1,4,8H,2-3,6-7H2. The number of ether oxygens (including phenoxy) is 1. The summed E-state index contributed by atoms with van der Waals surface area (Å²) in [4.78, 5) is 14.7. The van der Waals surface area contributed by atoms with Crippen molar-refractivity contribution in [3.8, 4) is 6.07 Å². The van der Waals surface area contributed by atoms with Crippen LogP contribution >= 0.6 is 27.3 Å². The number of hydrogen-bond donors (Lipinski definition) is 0. The Balaban J connectivity index is 1.95. The van der Waals surface area contributed by atoms with Crippen LogP contribution in [0.15, 0.2) is 15.9 Å². The van der Waals surface area contributed by atoms with E-state index in [1.807, 2.05) is 16.3 Å². The van der Waals surface area contributed by atoms with E-state index in [2.05, 4.69) is 22.0 Å². The number of morpholine rings is 1. The van der Waals surface area contributed by atoms with Crippen LogP contribution in [0.25, 0.3) is 0 Å². The van der Waals surface area contributed by atoms with Crippen LogP contribution in [0.5, 0.6) is 0 Å². The molecule has 6 heteroatoms. The highest BCUT2D eigenvalue weighted by Gasteiger charge is 2.23. The first-order valence-corrected chi connectivity index (χ1v) is 6.87. The number of hydrogen-bond acceptors (Lipinski definition) is 5. The summed E-state index contributed by atoms with van der Waals surface area (Å²) in [5.41, 5.74) is 0. The van der Waals surface area contributed by atoms with Gasteiger partial charge in [0.2, 0.25) is 0 Å². The van der Waals surface area contributed by atoms with E-state index < -0.39 is 6.10 Å². The molecular weight excluding hydrogens is 304 g/mol. The maximum atomic E-state index is 12.0. The molecule has 1 aromatic heterocycles. The average Bonchev–Trinajstić information content (AvgIpc) is 2.76. The maximum absolute atomic E-state index is 12.0.